The molecule has 36 heavy (non-hydrogen) atoms. The van der Waals surface area contributed by atoms with E-state index in [2.05, 4.69) is 5.32 Å². The number of aliphatic hydroxyl groups is 1. The lowest BCUT2D eigenvalue weighted by Crippen LogP contribution is -2.44. The Balaban J connectivity index is 1.77. The summed E-state index contributed by atoms with van der Waals surface area (Å²) >= 11 is 5.88. The number of nitrogens with zero attached hydrogens (tertiary/aromatic N) is 2. The van der Waals surface area contributed by atoms with Gasteiger partial charge in [0.15, 0.2) is 0 Å². The molecule has 0 aliphatic carbocycles. The Morgan fingerprint density at radius 1 is 1.17 bits per heavy atom. The van der Waals surface area contributed by atoms with Gasteiger partial charge in [0, 0.05) is 53.5 Å². The molecule has 2 heterocycles. The van der Waals surface area contributed by atoms with E-state index in [1.807, 2.05) is 0 Å². The highest BCUT2D eigenvalue weighted by atomic mass is 35.5. The molecular formula is C25H22ClF2N3O5. The maximum absolute atomic E-state index is 15.1. The number of amides is 2. The number of pyridine rings is 1. The molecule has 8 nitrogen and oxygen atoms in total. The number of benzene rings is 2. The van der Waals surface area contributed by atoms with Gasteiger partial charge in [-0.15, -0.1) is 0 Å². The predicted octanol–water partition coefficient (Wildman–Crippen LogP) is 2.71. The fraction of sp³-hybridized carbons (Fsp3) is 0.240. The van der Waals surface area contributed by atoms with Crippen molar-refractivity contribution in [2.75, 3.05) is 25.2 Å². The van der Waals surface area contributed by atoms with Crippen LogP contribution in [0.25, 0.3) is 0 Å². The third-order valence-corrected chi connectivity index (χ3v) is 6.25. The van der Waals surface area contributed by atoms with Crippen molar-refractivity contribution in [3.05, 3.63) is 92.9 Å². The molecule has 1 saturated heterocycles. The molecule has 0 unspecified atom stereocenters. The molecule has 188 valence electrons. The maximum Gasteiger partial charge on any atom is 0.274 e. The van der Waals surface area contributed by atoms with Crippen LogP contribution in [-0.2, 0) is 11.3 Å². The molecule has 1 fully saturated rings. The third kappa shape index (κ3) is 4.82. The second-order valence-corrected chi connectivity index (χ2v) is 8.57. The van der Waals surface area contributed by atoms with Crippen LogP contribution in [0.5, 0.6) is 5.75 Å². The summed E-state index contributed by atoms with van der Waals surface area (Å²) in [7, 11) is 1.26. The number of aliphatic hydroxyl groups excluding tert-OH is 1. The van der Waals surface area contributed by atoms with Crippen molar-refractivity contribution in [2.24, 2.45) is 0 Å². The van der Waals surface area contributed by atoms with Gasteiger partial charge in [-0.05, 0) is 36.4 Å². The average Bonchev–Trinajstić information content (AvgIpc) is 3.15. The Morgan fingerprint density at radius 3 is 2.44 bits per heavy atom. The molecule has 0 bridgehead atoms. The van der Waals surface area contributed by atoms with E-state index in [0.717, 1.165) is 17.0 Å². The molecule has 2 amide bonds. The summed E-state index contributed by atoms with van der Waals surface area (Å²) in [6.45, 7) is -0.582. The molecule has 1 aromatic heterocycles. The number of halogens is 3. The molecule has 11 heteroatoms. The summed E-state index contributed by atoms with van der Waals surface area (Å²) in [5.74, 6) is -4.49. The summed E-state index contributed by atoms with van der Waals surface area (Å²) < 4.78 is 36.2. The van der Waals surface area contributed by atoms with E-state index in [1.165, 1.54) is 54.3 Å². The fourth-order valence-corrected chi connectivity index (χ4v) is 4.37. The number of nitrogens with one attached hydrogen (secondary N) is 1. The van der Waals surface area contributed by atoms with Crippen LogP contribution in [0.2, 0.25) is 5.02 Å². The molecule has 1 aliphatic rings. The standard InChI is InChI=1S/C25H22ClF2N3O5/c1-36-16-11-18(27)21(19(28)12-16)17-13-31(20-3-2-8-30(9-10-32)24(20)34)25(35)22(17)29-23(33)14-4-6-15(26)7-5-14/h2-8,11-12,17,22,32H,9-10,13H2,1H3,(H,29,33)/t17-,22-/m0/s1. The molecule has 0 radical (unpaired) electrons. The molecule has 1 aliphatic heterocycles. The van der Waals surface area contributed by atoms with Crippen LogP contribution in [0.3, 0.4) is 0 Å². The van der Waals surface area contributed by atoms with E-state index in [4.69, 9.17) is 16.3 Å². The monoisotopic (exact) mass is 517 g/mol. The zero-order chi connectivity index (χ0) is 26.0. The minimum absolute atomic E-state index is 0.00337. The lowest BCUT2D eigenvalue weighted by molar-refractivity contribution is -0.118. The molecule has 0 spiro atoms. The molecular weight excluding hydrogens is 496 g/mol. The number of aromatic nitrogens is 1. The first-order valence-electron chi connectivity index (χ1n) is 11.0. The minimum Gasteiger partial charge on any atom is -0.497 e. The lowest BCUT2D eigenvalue weighted by Gasteiger charge is -2.20. The summed E-state index contributed by atoms with van der Waals surface area (Å²) in [5, 5.41) is 12.2. The molecule has 2 N–H and O–H groups in total. The first-order valence-corrected chi connectivity index (χ1v) is 11.3. The van der Waals surface area contributed by atoms with Crippen LogP contribution in [0, 0.1) is 11.6 Å². The first kappa shape index (κ1) is 25.3. The Morgan fingerprint density at radius 2 is 1.83 bits per heavy atom. The van der Waals surface area contributed by atoms with Crippen LogP contribution in [-0.4, -0.2) is 47.8 Å². The van der Waals surface area contributed by atoms with E-state index in [0.29, 0.717) is 5.02 Å². The smallest absolute Gasteiger partial charge is 0.274 e. The number of methoxy groups -OCH3 is 1. The van der Waals surface area contributed by atoms with E-state index in [-0.39, 0.29) is 36.7 Å². The Bertz CT molecular complexity index is 1340. The van der Waals surface area contributed by atoms with Crippen molar-refractivity contribution in [1.82, 2.24) is 9.88 Å². The van der Waals surface area contributed by atoms with Gasteiger partial charge >= 0.3 is 0 Å². The van der Waals surface area contributed by atoms with Gasteiger partial charge in [0.05, 0.1) is 13.7 Å². The second kappa shape index (κ2) is 10.5. The van der Waals surface area contributed by atoms with Gasteiger partial charge in [-0.3, -0.25) is 14.4 Å². The fourth-order valence-electron chi connectivity index (χ4n) is 4.24. The highest BCUT2D eigenvalue weighted by Crippen LogP contribution is 2.36. The van der Waals surface area contributed by atoms with Gasteiger partial charge in [-0.25, -0.2) is 8.78 Å². The molecule has 0 saturated carbocycles. The molecule has 4 rings (SSSR count). The lowest BCUT2D eigenvalue weighted by atomic mass is 9.92. The number of hydrogen-bond acceptors (Lipinski definition) is 5. The average molecular weight is 518 g/mol. The van der Waals surface area contributed by atoms with Gasteiger partial charge in [-0.2, -0.15) is 0 Å². The SMILES string of the molecule is COc1cc(F)c([C@@H]2CN(c3cccn(CCO)c3=O)C(=O)[C@H]2NC(=O)c2ccc(Cl)cc2)c(F)c1. The number of rotatable bonds is 7. The van der Waals surface area contributed by atoms with E-state index >= 15 is 8.78 Å². The van der Waals surface area contributed by atoms with Crippen LogP contribution in [0.1, 0.15) is 21.8 Å². The van der Waals surface area contributed by atoms with Gasteiger partial charge < -0.3 is 24.6 Å². The van der Waals surface area contributed by atoms with Crippen molar-refractivity contribution in [2.45, 2.75) is 18.5 Å². The van der Waals surface area contributed by atoms with E-state index < -0.39 is 46.5 Å². The number of hydrogen-bond donors (Lipinski definition) is 2. The highest BCUT2D eigenvalue weighted by molar-refractivity contribution is 6.30. The van der Waals surface area contributed by atoms with E-state index in [9.17, 15) is 19.5 Å². The summed E-state index contributed by atoms with van der Waals surface area (Å²) in [5.41, 5.74) is -0.845. The van der Waals surface area contributed by atoms with Crippen molar-refractivity contribution in [3.63, 3.8) is 0 Å². The Labute approximate surface area is 209 Å². The van der Waals surface area contributed by atoms with Crippen LogP contribution in [0.4, 0.5) is 14.5 Å². The van der Waals surface area contributed by atoms with Gasteiger partial charge in [-0.1, -0.05) is 11.6 Å². The summed E-state index contributed by atoms with van der Waals surface area (Å²) in [4.78, 5) is 40.5. The number of ether oxygens (including phenoxy) is 1. The minimum atomic E-state index is -1.38. The molecule has 3 aromatic rings. The Kier molecular flexibility index (Phi) is 7.37. The van der Waals surface area contributed by atoms with Gasteiger partial charge in [0.2, 0.25) is 5.91 Å². The van der Waals surface area contributed by atoms with Crippen molar-refractivity contribution in [3.8, 4) is 5.75 Å². The van der Waals surface area contributed by atoms with Crippen molar-refractivity contribution in [1.29, 1.82) is 0 Å². The number of carbonyl (C=O) groups excluding carboxylic acids is 2. The zero-order valence-electron chi connectivity index (χ0n) is 19.1. The van der Waals surface area contributed by atoms with Crippen molar-refractivity contribution >= 4 is 29.1 Å². The Hall–Kier alpha value is -3.76. The topological polar surface area (TPSA) is 101 Å². The van der Waals surface area contributed by atoms with Gasteiger partial charge in [0.1, 0.15) is 29.1 Å². The largest absolute Gasteiger partial charge is 0.497 e. The zero-order valence-corrected chi connectivity index (χ0v) is 19.8. The molecule has 2 atom stereocenters. The normalized spacial score (nSPS) is 17.4. The second-order valence-electron chi connectivity index (χ2n) is 8.13. The summed E-state index contributed by atoms with van der Waals surface area (Å²) in [6, 6.07) is 9.39. The quantitative estimate of drug-likeness (QED) is 0.502. The number of anilines is 1. The van der Waals surface area contributed by atoms with Crippen LogP contribution in [0.15, 0.2) is 59.5 Å². The van der Waals surface area contributed by atoms with Gasteiger partial charge in [0.25, 0.3) is 11.5 Å². The van der Waals surface area contributed by atoms with Crippen LogP contribution >= 0.6 is 11.6 Å². The van der Waals surface area contributed by atoms with Crippen LogP contribution < -0.4 is 20.5 Å². The molecule has 2 aromatic carbocycles. The maximum atomic E-state index is 15.1. The van der Waals surface area contributed by atoms with Crippen molar-refractivity contribution < 1.29 is 28.2 Å². The first-order chi connectivity index (χ1) is 17.2. The highest BCUT2D eigenvalue weighted by Gasteiger charge is 2.46. The number of carbonyl (C=O) groups is 2. The third-order valence-electron chi connectivity index (χ3n) is 6.00. The summed E-state index contributed by atoms with van der Waals surface area (Å²) in [6.07, 6.45) is 1.45. The predicted molar refractivity (Wildman–Crippen MR) is 128 cm³/mol. The van der Waals surface area contributed by atoms with E-state index in [1.54, 1.807) is 0 Å².